The Morgan fingerprint density at radius 3 is 2.54 bits per heavy atom. The first-order chi connectivity index (χ1) is 13.1. The van der Waals surface area contributed by atoms with Crippen LogP contribution in [0.2, 0.25) is 0 Å². The molecule has 1 amide bonds. The second-order valence-electron chi connectivity index (χ2n) is 6.41. The summed E-state index contributed by atoms with van der Waals surface area (Å²) in [4.78, 5) is 12.5. The van der Waals surface area contributed by atoms with Crippen molar-refractivity contribution in [2.75, 3.05) is 5.32 Å². The van der Waals surface area contributed by atoms with Crippen molar-refractivity contribution in [3.8, 4) is 11.3 Å². The van der Waals surface area contributed by atoms with E-state index in [-0.39, 0.29) is 23.5 Å². The van der Waals surface area contributed by atoms with E-state index in [0.717, 1.165) is 29.1 Å². The fraction of sp³-hybridized carbons (Fsp3) is 0.278. The monoisotopic (exact) mass is 392 g/mol. The summed E-state index contributed by atoms with van der Waals surface area (Å²) in [6, 6.07) is 4.76. The van der Waals surface area contributed by atoms with Crippen molar-refractivity contribution in [3.05, 3.63) is 52.5 Å². The second kappa shape index (κ2) is 7.12. The number of alkyl halides is 3. The number of halogens is 3. The molecule has 3 aromatic rings. The number of carbonyl (C=O) groups is 1. The Labute approximate surface area is 158 Å². The standard InChI is InChI=1S/C18H19F3N6O/c1-9-16(10(2)27(3)26-9)14-7-15(25-24-14)17(28)23-13-5-11(8-22)4-12(6-13)18(19,20)21/h4-7H,8,22H2,1-3H3,(H,23,28)(H,24,25). The van der Waals surface area contributed by atoms with Crippen LogP contribution >= 0.6 is 0 Å². The number of aryl methyl sites for hydroxylation is 2. The number of anilines is 1. The highest BCUT2D eigenvalue weighted by molar-refractivity contribution is 6.03. The molecular weight excluding hydrogens is 373 g/mol. The number of benzene rings is 1. The molecule has 0 aliphatic rings. The van der Waals surface area contributed by atoms with Crippen molar-refractivity contribution in [2.24, 2.45) is 12.8 Å². The third-order valence-electron chi connectivity index (χ3n) is 4.40. The third kappa shape index (κ3) is 3.77. The molecule has 0 saturated carbocycles. The van der Waals surface area contributed by atoms with Crippen LogP contribution in [0.4, 0.5) is 18.9 Å². The predicted molar refractivity (Wildman–Crippen MR) is 97.6 cm³/mol. The van der Waals surface area contributed by atoms with E-state index in [2.05, 4.69) is 20.6 Å². The van der Waals surface area contributed by atoms with Gasteiger partial charge in [-0.05, 0) is 43.7 Å². The smallest absolute Gasteiger partial charge is 0.326 e. The Balaban J connectivity index is 1.88. The Hall–Kier alpha value is -3.14. The number of nitrogens with zero attached hydrogens (tertiary/aromatic N) is 3. The normalized spacial score (nSPS) is 11.7. The van der Waals surface area contributed by atoms with Gasteiger partial charge in [0.25, 0.3) is 5.91 Å². The third-order valence-corrected chi connectivity index (χ3v) is 4.40. The molecule has 0 unspecified atom stereocenters. The number of hydrogen-bond acceptors (Lipinski definition) is 4. The van der Waals surface area contributed by atoms with Crippen molar-refractivity contribution in [2.45, 2.75) is 26.6 Å². The summed E-state index contributed by atoms with van der Waals surface area (Å²) < 4.78 is 40.8. The van der Waals surface area contributed by atoms with Crippen molar-refractivity contribution in [1.82, 2.24) is 20.0 Å². The zero-order valence-electron chi connectivity index (χ0n) is 15.5. The molecule has 0 aliphatic heterocycles. The number of H-pyrrole nitrogens is 1. The molecule has 0 bridgehead atoms. The van der Waals surface area contributed by atoms with Crippen LogP contribution in [0.5, 0.6) is 0 Å². The van der Waals surface area contributed by atoms with Gasteiger partial charge in [-0.15, -0.1) is 0 Å². The molecule has 2 heterocycles. The van der Waals surface area contributed by atoms with E-state index in [4.69, 9.17) is 5.73 Å². The lowest BCUT2D eigenvalue weighted by molar-refractivity contribution is -0.137. The van der Waals surface area contributed by atoms with Crippen LogP contribution in [0.1, 0.15) is 33.0 Å². The molecule has 28 heavy (non-hydrogen) atoms. The molecule has 2 aromatic heterocycles. The van der Waals surface area contributed by atoms with Gasteiger partial charge in [-0.1, -0.05) is 0 Å². The van der Waals surface area contributed by atoms with E-state index < -0.39 is 17.6 Å². The summed E-state index contributed by atoms with van der Waals surface area (Å²) in [6.07, 6.45) is -4.54. The summed E-state index contributed by atoms with van der Waals surface area (Å²) in [5, 5.41) is 13.5. The zero-order chi connectivity index (χ0) is 20.6. The fourth-order valence-corrected chi connectivity index (χ4v) is 2.95. The summed E-state index contributed by atoms with van der Waals surface area (Å²) >= 11 is 0. The van der Waals surface area contributed by atoms with Crippen molar-refractivity contribution in [1.29, 1.82) is 0 Å². The zero-order valence-corrected chi connectivity index (χ0v) is 15.5. The highest BCUT2D eigenvalue weighted by atomic mass is 19.4. The lowest BCUT2D eigenvalue weighted by atomic mass is 10.1. The van der Waals surface area contributed by atoms with E-state index >= 15 is 0 Å². The number of nitrogens with two attached hydrogens (primary N) is 1. The minimum absolute atomic E-state index is 0.00478. The van der Waals surface area contributed by atoms with E-state index in [1.165, 1.54) is 12.1 Å². The van der Waals surface area contributed by atoms with Crippen LogP contribution in [0, 0.1) is 13.8 Å². The van der Waals surface area contributed by atoms with Gasteiger partial charge >= 0.3 is 6.18 Å². The van der Waals surface area contributed by atoms with Gasteiger partial charge in [0.05, 0.1) is 17.0 Å². The first-order valence-corrected chi connectivity index (χ1v) is 8.38. The summed E-state index contributed by atoms with van der Waals surface area (Å²) in [5.41, 5.74) is 7.92. The number of carbonyl (C=O) groups excluding carboxylic acids is 1. The van der Waals surface area contributed by atoms with Gasteiger partial charge in [0.15, 0.2) is 0 Å². The first-order valence-electron chi connectivity index (χ1n) is 8.38. The molecule has 3 rings (SSSR count). The molecule has 0 atom stereocenters. The van der Waals surface area contributed by atoms with Gasteiger partial charge in [0.1, 0.15) is 5.69 Å². The number of amides is 1. The second-order valence-corrected chi connectivity index (χ2v) is 6.41. The molecule has 1 aromatic carbocycles. The van der Waals surface area contributed by atoms with Gasteiger partial charge in [-0.3, -0.25) is 14.6 Å². The van der Waals surface area contributed by atoms with Crippen LogP contribution in [-0.4, -0.2) is 25.9 Å². The summed E-state index contributed by atoms with van der Waals surface area (Å²) in [6.45, 7) is 3.62. The average Bonchev–Trinajstić information content (AvgIpc) is 3.19. The molecule has 0 saturated heterocycles. The van der Waals surface area contributed by atoms with Gasteiger partial charge < -0.3 is 11.1 Å². The number of aromatic amines is 1. The maximum Gasteiger partial charge on any atom is 0.416 e. The van der Waals surface area contributed by atoms with Gasteiger partial charge in [0.2, 0.25) is 0 Å². The maximum atomic E-state index is 13.0. The molecular formula is C18H19F3N6O. The highest BCUT2D eigenvalue weighted by Gasteiger charge is 2.31. The van der Waals surface area contributed by atoms with E-state index in [9.17, 15) is 18.0 Å². The van der Waals surface area contributed by atoms with Crippen molar-refractivity contribution < 1.29 is 18.0 Å². The predicted octanol–water partition coefficient (Wildman–Crippen LogP) is 3.16. The maximum absolute atomic E-state index is 13.0. The highest BCUT2D eigenvalue weighted by Crippen LogP contribution is 2.32. The van der Waals surface area contributed by atoms with Crippen molar-refractivity contribution >= 4 is 11.6 Å². The van der Waals surface area contributed by atoms with Gasteiger partial charge in [-0.2, -0.15) is 23.4 Å². The SMILES string of the molecule is Cc1nn(C)c(C)c1-c1cc(C(=O)Nc2cc(CN)cc(C(F)(F)F)c2)[nH]n1. The van der Waals surface area contributed by atoms with Crippen LogP contribution in [0.25, 0.3) is 11.3 Å². The first kappa shape index (κ1) is 19.6. The molecule has 0 fully saturated rings. The van der Waals surface area contributed by atoms with Crippen LogP contribution in [-0.2, 0) is 19.8 Å². The van der Waals surface area contributed by atoms with E-state index in [1.807, 2.05) is 13.8 Å². The van der Waals surface area contributed by atoms with Crippen LogP contribution < -0.4 is 11.1 Å². The summed E-state index contributed by atoms with van der Waals surface area (Å²) in [7, 11) is 1.80. The number of rotatable bonds is 4. The van der Waals surface area contributed by atoms with E-state index in [1.54, 1.807) is 11.7 Å². The van der Waals surface area contributed by atoms with Gasteiger partial charge in [-0.25, -0.2) is 0 Å². The van der Waals surface area contributed by atoms with Crippen LogP contribution in [0.15, 0.2) is 24.3 Å². The number of nitrogens with one attached hydrogen (secondary N) is 2. The number of aromatic nitrogens is 4. The largest absolute Gasteiger partial charge is 0.416 e. The molecule has 7 nitrogen and oxygen atoms in total. The summed E-state index contributed by atoms with van der Waals surface area (Å²) in [5.74, 6) is -0.611. The van der Waals surface area contributed by atoms with Crippen LogP contribution in [0.3, 0.4) is 0 Å². The van der Waals surface area contributed by atoms with Gasteiger partial charge in [0, 0.05) is 30.5 Å². The number of hydrogen-bond donors (Lipinski definition) is 3. The minimum atomic E-state index is -4.54. The minimum Gasteiger partial charge on any atom is -0.326 e. The topological polar surface area (TPSA) is 102 Å². The lowest BCUT2D eigenvalue weighted by Gasteiger charge is -2.12. The Bertz CT molecular complexity index is 1030. The Kier molecular flexibility index (Phi) is 4.99. The molecule has 0 radical (unpaired) electrons. The Morgan fingerprint density at radius 2 is 1.96 bits per heavy atom. The Morgan fingerprint density at radius 1 is 1.25 bits per heavy atom. The van der Waals surface area contributed by atoms with E-state index in [0.29, 0.717) is 5.69 Å². The van der Waals surface area contributed by atoms with Crippen molar-refractivity contribution in [3.63, 3.8) is 0 Å². The quantitative estimate of drug-likeness (QED) is 0.635. The molecule has 148 valence electrons. The molecule has 0 spiro atoms. The lowest BCUT2D eigenvalue weighted by Crippen LogP contribution is -2.14. The molecule has 4 N–H and O–H groups in total. The fourth-order valence-electron chi connectivity index (χ4n) is 2.95. The molecule has 0 aliphatic carbocycles. The molecule has 10 heteroatoms. The average molecular weight is 392 g/mol.